The Hall–Kier alpha value is -3.22. The standard InChI is InChI=1S/C14H12N6O/c15-13(19-16)12-2-1-11(7-17-12)20-4-3-10-5-9(8-21)6-18-14(10)20/h1-8H,16H2,(H2,15,19). The van der Waals surface area contributed by atoms with Crippen LogP contribution in [-0.2, 0) is 0 Å². The fourth-order valence-corrected chi connectivity index (χ4v) is 2.06. The molecule has 0 fully saturated rings. The van der Waals surface area contributed by atoms with Crippen LogP contribution in [0, 0.1) is 0 Å². The molecule has 0 spiro atoms. The van der Waals surface area contributed by atoms with E-state index in [1.807, 2.05) is 22.9 Å². The van der Waals surface area contributed by atoms with Gasteiger partial charge < -0.3 is 11.6 Å². The van der Waals surface area contributed by atoms with Crippen molar-refractivity contribution in [2.75, 3.05) is 0 Å². The highest BCUT2D eigenvalue weighted by Crippen LogP contribution is 2.18. The van der Waals surface area contributed by atoms with Gasteiger partial charge in [-0.05, 0) is 24.3 Å². The molecule has 0 aliphatic heterocycles. The third-order valence-electron chi connectivity index (χ3n) is 3.11. The summed E-state index contributed by atoms with van der Waals surface area (Å²) in [5, 5.41) is 4.28. The number of carbonyl (C=O) groups is 1. The van der Waals surface area contributed by atoms with Crippen LogP contribution in [0.1, 0.15) is 16.1 Å². The first-order valence-corrected chi connectivity index (χ1v) is 6.15. The average Bonchev–Trinajstić information content (AvgIpc) is 2.97. The van der Waals surface area contributed by atoms with Gasteiger partial charge in [0.05, 0.1) is 11.9 Å². The third-order valence-corrected chi connectivity index (χ3v) is 3.11. The highest BCUT2D eigenvalue weighted by Gasteiger charge is 2.07. The fourth-order valence-electron chi connectivity index (χ4n) is 2.06. The van der Waals surface area contributed by atoms with E-state index in [0.717, 1.165) is 23.0 Å². The number of hydrogen-bond acceptors (Lipinski definition) is 5. The number of carbonyl (C=O) groups excluding carboxylic acids is 1. The molecule has 3 heterocycles. The summed E-state index contributed by atoms with van der Waals surface area (Å²) < 4.78 is 1.87. The minimum atomic E-state index is 0.174. The van der Waals surface area contributed by atoms with Crippen LogP contribution >= 0.6 is 0 Å². The van der Waals surface area contributed by atoms with Gasteiger partial charge in [0, 0.05) is 23.3 Å². The van der Waals surface area contributed by atoms with Gasteiger partial charge in [-0.3, -0.25) is 14.3 Å². The van der Waals surface area contributed by atoms with E-state index in [0.29, 0.717) is 11.3 Å². The predicted molar refractivity (Wildman–Crippen MR) is 79.2 cm³/mol. The van der Waals surface area contributed by atoms with Crippen molar-refractivity contribution in [3.05, 3.63) is 54.1 Å². The van der Waals surface area contributed by atoms with Gasteiger partial charge in [-0.1, -0.05) is 0 Å². The Bertz CT molecular complexity index is 834. The first-order valence-electron chi connectivity index (χ1n) is 6.15. The zero-order valence-electron chi connectivity index (χ0n) is 11.0. The minimum absolute atomic E-state index is 0.174. The molecule has 3 aromatic rings. The molecule has 0 radical (unpaired) electrons. The van der Waals surface area contributed by atoms with Crippen molar-refractivity contribution < 1.29 is 4.79 Å². The Morgan fingerprint density at radius 1 is 1.24 bits per heavy atom. The van der Waals surface area contributed by atoms with Crippen LogP contribution in [-0.4, -0.2) is 26.7 Å². The van der Waals surface area contributed by atoms with Gasteiger partial charge in [-0.15, -0.1) is 0 Å². The Kier molecular flexibility index (Phi) is 3.07. The van der Waals surface area contributed by atoms with Gasteiger partial charge in [0.25, 0.3) is 0 Å². The Morgan fingerprint density at radius 3 is 2.76 bits per heavy atom. The molecule has 3 rings (SSSR count). The van der Waals surface area contributed by atoms with Gasteiger partial charge in [0.2, 0.25) is 0 Å². The van der Waals surface area contributed by atoms with E-state index >= 15 is 0 Å². The number of aldehydes is 1. The molecule has 7 heteroatoms. The largest absolute Gasteiger partial charge is 0.380 e. The Morgan fingerprint density at radius 2 is 2.10 bits per heavy atom. The van der Waals surface area contributed by atoms with Gasteiger partial charge >= 0.3 is 0 Å². The van der Waals surface area contributed by atoms with E-state index in [9.17, 15) is 4.79 Å². The summed E-state index contributed by atoms with van der Waals surface area (Å²) in [5.74, 6) is 5.29. The molecule has 3 aromatic heterocycles. The molecule has 104 valence electrons. The molecule has 0 aromatic carbocycles. The molecule has 0 aliphatic carbocycles. The first kappa shape index (κ1) is 12.8. The van der Waals surface area contributed by atoms with E-state index < -0.39 is 0 Å². The van der Waals surface area contributed by atoms with Gasteiger partial charge in [0.15, 0.2) is 12.1 Å². The smallest absolute Gasteiger partial charge is 0.168 e. The van der Waals surface area contributed by atoms with Crippen LogP contribution in [0.25, 0.3) is 16.7 Å². The molecule has 0 amide bonds. The van der Waals surface area contributed by atoms with Crippen LogP contribution in [0.4, 0.5) is 0 Å². The molecule has 21 heavy (non-hydrogen) atoms. The zero-order chi connectivity index (χ0) is 14.8. The van der Waals surface area contributed by atoms with Crippen LogP contribution in [0.5, 0.6) is 0 Å². The second-order valence-electron chi connectivity index (χ2n) is 4.40. The maximum Gasteiger partial charge on any atom is 0.168 e. The number of amidine groups is 1. The number of hydrazone groups is 1. The van der Waals surface area contributed by atoms with Crippen LogP contribution in [0.3, 0.4) is 0 Å². The van der Waals surface area contributed by atoms with Crippen molar-refractivity contribution in [3.8, 4) is 5.69 Å². The Balaban J connectivity index is 2.06. The number of hydrogen-bond donors (Lipinski definition) is 2. The summed E-state index contributed by atoms with van der Waals surface area (Å²) in [6.07, 6.45) is 5.83. The highest BCUT2D eigenvalue weighted by molar-refractivity contribution is 5.95. The normalized spacial score (nSPS) is 11.7. The minimum Gasteiger partial charge on any atom is -0.380 e. The topological polar surface area (TPSA) is 112 Å². The first-order chi connectivity index (χ1) is 10.2. The lowest BCUT2D eigenvalue weighted by atomic mass is 10.2. The van der Waals surface area contributed by atoms with Gasteiger partial charge in [-0.2, -0.15) is 5.10 Å². The SMILES string of the molecule is N/N=C(\N)c1ccc(-n2ccc3cc(C=O)cnc32)cn1. The molecule has 0 aliphatic rings. The van der Waals surface area contributed by atoms with Gasteiger partial charge in [-0.25, -0.2) is 4.98 Å². The molecule has 4 N–H and O–H groups in total. The Labute approximate surface area is 119 Å². The predicted octanol–water partition coefficient (Wildman–Crippen LogP) is 0.812. The lowest BCUT2D eigenvalue weighted by molar-refractivity contribution is 0.112. The van der Waals surface area contributed by atoms with Crippen LogP contribution in [0.2, 0.25) is 0 Å². The number of aromatic nitrogens is 3. The van der Waals surface area contributed by atoms with Crippen molar-refractivity contribution >= 4 is 23.2 Å². The average molecular weight is 280 g/mol. The quantitative estimate of drug-likeness (QED) is 0.242. The van der Waals surface area contributed by atoms with Crippen molar-refractivity contribution in [1.29, 1.82) is 0 Å². The maximum atomic E-state index is 10.8. The van der Waals surface area contributed by atoms with Crippen molar-refractivity contribution in [1.82, 2.24) is 14.5 Å². The van der Waals surface area contributed by atoms with E-state index in [4.69, 9.17) is 11.6 Å². The van der Waals surface area contributed by atoms with E-state index in [1.54, 1.807) is 18.3 Å². The van der Waals surface area contributed by atoms with E-state index in [-0.39, 0.29) is 5.84 Å². The van der Waals surface area contributed by atoms with Crippen LogP contribution < -0.4 is 11.6 Å². The second kappa shape index (κ2) is 5.04. The summed E-state index contributed by atoms with van der Waals surface area (Å²) in [4.78, 5) is 19.3. The molecular weight excluding hydrogens is 268 g/mol. The summed E-state index contributed by atoms with van der Waals surface area (Å²) in [5.41, 5.74) is 8.22. The summed E-state index contributed by atoms with van der Waals surface area (Å²) in [7, 11) is 0. The summed E-state index contributed by atoms with van der Waals surface area (Å²) >= 11 is 0. The van der Waals surface area contributed by atoms with E-state index in [1.165, 1.54) is 6.20 Å². The van der Waals surface area contributed by atoms with E-state index in [2.05, 4.69) is 15.1 Å². The molecule has 0 saturated carbocycles. The lowest BCUT2D eigenvalue weighted by Gasteiger charge is -2.05. The fraction of sp³-hybridized carbons (Fsp3) is 0. The number of fused-ring (bicyclic) bond motifs is 1. The zero-order valence-corrected chi connectivity index (χ0v) is 11.0. The van der Waals surface area contributed by atoms with Crippen molar-refractivity contribution in [2.45, 2.75) is 0 Å². The monoisotopic (exact) mass is 280 g/mol. The number of nitrogens with zero attached hydrogens (tertiary/aromatic N) is 4. The molecule has 0 saturated heterocycles. The third kappa shape index (κ3) is 2.20. The molecular formula is C14H12N6O. The number of rotatable bonds is 3. The lowest BCUT2D eigenvalue weighted by Crippen LogP contribution is -2.17. The molecule has 0 unspecified atom stereocenters. The summed E-state index contributed by atoms with van der Waals surface area (Å²) in [6, 6.07) is 7.24. The molecule has 0 bridgehead atoms. The number of pyridine rings is 2. The van der Waals surface area contributed by atoms with Crippen molar-refractivity contribution in [2.24, 2.45) is 16.7 Å². The maximum absolute atomic E-state index is 10.8. The molecule has 7 nitrogen and oxygen atoms in total. The van der Waals surface area contributed by atoms with Crippen molar-refractivity contribution in [3.63, 3.8) is 0 Å². The number of nitrogens with two attached hydrogens (primary N) is 2. The van der Waals surface area contributed by atoms with Crippen LogP contribution in [0.15, 0.2) is 48.0 Å². The molecule has 0 atom stereocenters. The van der Waals surface area contributed by atoms with Gasteiger partial charge in [0.1, 0.15) is 11.3 Å². The summed E-state index contributed by atoms with van der Waals surface area (Å²) in [6.45, 7) is 0. The second-order valence-corrected chi connectivity index (χ2v) is 4.40. The highest BCUT2D eigenvalue weighted by atomic mass is 16.1.